The predicted molar refractivity (Wildman–Crippen MR) is 64.6 cm³/mol. The van der Waals surface area contributed by atoms with Crippen LogP contribution in [0.3, 0.4) is 0 Å². The van der Waals surface area contributed by atoms with E-state index in [9.17, 15) is 4.79 Å². The molecule has 0 aliphatic carbocycles. The van der Waals surface area contributed by atoms with Gasteiger partial charge in [-0.25, -0.2) is 0 Å². The van der Waals surface area contributed by atoms with Crippen LogP contribution in [0.2, 0.25) is 0 Å². The van der Waals surface area contributed by atoms with Crippen LogP contribution in [0.1, 0.15) is 6.92 Å². The second kappa shape index (κ2) is 4.79. The summed E-state index contributed by atoms with van der Waals surface area (Å²) in [6.45, 7) is 2.77. The number of hydrogen-bond acceptors (Lipinski definition) is 2. The van der Waals surface area contributed by atoms with Gasteiger partial charge < -0.3 is 14.9 Å². The maximum Gasteiger partial charge on any atom is 0.229 e. The van der Waals surface area contributed by atoms with Gasteiger partial charge in [0, 0.05) is 33.7 Å². The Morgan fingerprint density at radius 2 is 2.33 bits per heavy atom. The van der Waals surface area contributed by atoms with E-state index in [1.54, 1.807) is 11.9 Å². The molecule has 5 nitrogen and oxygen atoms in total. The van der Waals surface area contributed by atoms with Crippen molar-refractivity contribution < 1.29 is 4.79 Å². The molecule has 1 amide bonds. The van der Waals surface area contributed by atoms with Crippen molar-refractivity contribution in [2.75, 3.05) is 27.7 Å². The van der Waals surface area contributed by atoms with Crippen molar-refractivity contribution in [3.63, 3.8) is 0 Å². The molecule has 1 N–H and O–H groups in total. The fraction of sp³-hybridized carbons (Fsp3) is 0.778. The van der Waals surface area contributed by atoms with Crippen LogP contribution in [-0.2, 0) is 4.79 Å². The molecule has 1 saturated heterocycles. The molecule has 1 aliphatic rings. The van der Waals surface area contributed by atoms with Crippen molar-refractivity contribution in [2.24, 2.45) is 10.9 Å². The Balaban J connectivity index is 2.53. The first kappa shape index (κ1) is 12.2. The minimum atomic E-state index is 0.0927. The molecule has 0 aromatic rings. The smallest absolute Gasteiger partial charge is 0.229 e. The second-order valence-corrected chi connectivity index (χ2v) is 4.16. The molecule has 6 heteroatoms. The third-order valence-corrected chi connectivity index (χ3v) is 3.29. The lowest BCUT2D eigenvalue weighted by Crippen LogP contribution is -2.61. The van der Waals surface area contributed by atoms with Crippen LogP contribution < -0.4 is 5.09 Å². The van der Waals surface area contributed by atoms with E-state index in [0.29, 0.717) is 12.6 Å². The maximum absolute atomic E-state index is 11.5. The van der Waals surface area contributed by atoms with Crippen LogP contribution in [-0.4, -0.2) is 55.4 Å². The molecule has 0 aromatic heterocycles. The van der Waals surface area contributed by atoms with Gasteiger partial charge in [-0.05, 0) is 16.3 Å². The third kappa shape index (κ3) is 2.23. The number of hydrogen-bond donors (Lipinski definition) is 1. The largest absolute Gasteiger partial charge is 0.345 e. The Morgan fingerprint density at radius 1 is 1.73 bits per heavy atom. The summed E-state index contributed by atoms with van der Waals surface area (Å²) >= 11 is 0. The SMILES string of the molecule is CN=C(NP)N(C)CC1C(=O)N(C)C1C. The zero-order valence-electron chi connectivity index (χ0n) is 9.69. The van der Waals surface area contributed by atoms with Crippen molar-refractivity contribution >= 4 is 21.3 Å². The Morgan fingerprint density at radius 3 is 2.73 bits per heavy atom. The number of nitrogens with one attached hydrogen (secondary N) is 1. The molecule has 86 valence electrons. The summed E-state index contributed by atoms with van der Waals surface area (Å²) in [6.07, 6.45) is 0. The number of aliphatic imine (C=N–C) groups is 1. The highest BCUT2D eigenvalue weighted by Crippen LogP contribution is 2.24. The molecular formula is C9H19N4OP. The fourth-order valence-electron chi connectivity index (χ4n) is 1.81. The fourth-order valence-corrected chi connectivity index (χ4v) is 2.16. The van der Waals surface area contributed by atoms with Crippen LogP contribution in [0.5, 0.6) is 0 Å². The average Bonchev–Trinajstić information content (AvgIpc) is 2.26. The van der Waals surface area contributed by atoms with Gasteiger partial charge in [0.15, 0.2) is 5.96 Å². The second-order valence-electron chi connectivity index (χ2n) is 3.87. The van der Waals surface area contributed by atoms with Crippen LogP contribution in [0.15, 0.2) is 4.99 Å². The topological polar surface area (TPSA) is 47.9 Å². The van der Waals surface area contributed by atoms with Gasteiger partial charge in [-0.3, -0.25) is 9.79 Å². The van der Waals surface area contributed by atoms with Crippen LogP contribution in [0.25, 0.3) is 0 Å². The monoisotopic (exact) mass is 230 g/mol. The van der Waals surface area contributed by atoms with E-state index >= 15 is 0 Å². The predicted octanol–water partition coefficient (Wildman–Crippen LogP) is -0.240. The standard InChI is InChI=1S/C9H19N4OP/c1-6-7(8(14)13(6)4)5-12(3)9(10-2)11-15/h6-7H,5,15H2,1-4H3,(H,10,11). The molecular weight excluding hydrogens is 211 g/mol. The maximum atomic E-state index is 11.5. The van der Waals surface area contributed by atoms with Crippen molar-refractivity contribution in [3.8, 4) is 0 Å². The zero-order valence-corrected chi connectivity index (χ0v) is 10.8. The lowest BCUT2D eigenvalue weighted by atomic mass is 9.89. The van der Waals surface area contributed by atoms with E-state index in [1.165, 1.54) is 0 Å². The van der Waals surface area contributed by atoms with Gasteiger partial charge in [0.1, 0.15) is 0 Å². The first-order valence-electron chi connectivity index (χ1n) is 4.94. The highest BCUT2D eigenvalue weighted by Gasteiger charge is 2.42. The van der Waals surface area contributed by atoms with Gasteiger partial charge >= 0.3 is 0 Å². The van der Waals surface area contributed by atoms with E-state index in [2.05, 4.69) is 26.4 Å². The highest BCUT2D eigenvalue weighted by atomic mass is 31.0. The van der Waals surface area contributed by atoms with Crippen molar-refractivity contribution in [3.05, 3.63) is 0 Å². The summed E-state index contributed by atoms with van der Waals surface area (Å²) in [5.41, 5.74) is 0. The zero-order chi connectivity index (χ0) is 11.6. The van der Waals surface area contributed by atoms with Gasteiger partial charge in [-0.2, -0.15) is 0 Å². The van der Waals surface area contributed by atoms with E-state index in [0.717, 1.165) is 5.96 Å². The molecule has 15 heavy (non-hydrogen) atoms. The van der Waals surface area contributed by atoms with Crippen LogP contribution in [0, 0.1) is 5.92 Å². The Bertz CT molecular complexity index is 281. The van der Waals surface area contributed by atoms with Crippen LogP contribution >= 0.6 is 9.39 Å². The lowest BCUT2D eigenvalue weighted by molar-refractivity contribution is -0.152. The number of rotatable bonds is 2. The molecule has 0 aromatic carbocycles. The lowest BCUT2D eigenvalue weighted by Gasteiger charge is -2.44. The quantitative estimate of drug-likeness (QED) is 0.308. The molecule has 1 fully saturated rings. The summed E-state index contributed by atoms with van der Waals surface area (Å²) in [5, 5.41) is 2.91. The summed E-state index contributed by atoms with van der Waals surface area (Å²) < 4.78 is 0. The third-order valence-electron chi connectivity index (χ3n) is 3.03. The summed E-state index contributed by atoms with van der Waals surface area (Å²) in [7, 11) is 7.90. The Hall–Kier alpha value is -0.830. The number of carbonyl (C=O) groups excluding carboxylic acids is 1. The number of amides is 1. The normalized spacial score (nSPS) is 26.3. The first-order valence-corrected chi connectivity index (χ1v) is 5.51. The molecule has 1 heterocycles. The van der Waals surface area contributed by atoms with Gasteiger partial charge in [0.25, 0.3) is 0 Å². The summed E-state index contributed by atoms with van der Waals surface area (Å²) in [4.78, 5) is 19.3. The number of β-lactam (4-membered cyclic amide) rings is 1. The molecule has 0 bridgehead atoms. The summed E-state index contributed by atoms with van der Waals surface area (Å²) in [5.74, 6) is 1.08. The molecule has 1 aliphatic heterocycles. The van der Waals surface area contributed by atoms with E-state index in [1.807, 2.05) is 19.0 Å². The van der Waals surface area contributed by atoms with Gasteiger partial charge in [-0.15, -0.1) is 0 Å². The molecule has 0 spiro atoms. The molecule has 3 unspecified atom stereocenters. The minimum absolute atomic E-state index is 0.0927. The van der Waals surface area contributed by atoms with Gasteiger partial charge in [0.2, 0.25) is 5.91 Å². The van der Waals surface area contributed by atoms with E-state index < -0.39 is 0 Å². The van der Waals surface area contributed by atoms with E-state index in [4.69, 9.17) is 0 Å². The first-order chi connectivity index (χ1) is 7.02. The Kier molecular flexibility index (Phi) is 3.91. The number of nitrogens with zero attached hydrogens (tertiary/aromatic N) is 3. The minimum Gasteiger partial charge on any atom is -0.345 e. The summed E-state index contributed by atoms with van der Waals surface area (Å²) in [6, 6.07) is 0.322. The van der Waals surface area contributed by atoms with E-state index in [-0.39, 0.29) is 11.8 Å². The number of guanidine groups is 1. The van der Waals surface area contributed by atoms with Crippen molar-refractivity contribution in [1.29, 1.82) is 0 Å². The number of carbonyl (C=O) groups is 1. The molecule has 0 radical (unpaired) electrons. The molecule has 3 atom stereocenters. The van der Waals surface area contributed by atoms with Gasteiger partial charge in [0.05, 0.1) is 5.92 Å². The average molecular weight is 230 g/mol. The van der Waals surface area contributed by atoms with Crippen LogP contribution in [0.4, 0.5) is 0 Å². The van der Waals surface area contributed by atoms with Crippen molar-refractivity contribution in [2.45, 2.75) is 13.0 Å². The molecule has 0 saturated carbocycles. The Labute approximate surface area is 93.2 Å². The molecule has 1 rings (SSSR count). The van der Waals surface area contributed by atoms with Crippen molar-refractivity contribution in [1.82, 2.24) is 14.9 Å². The highest BCUT2D eigenvalue weighted by molar-refractivity contribution is 7.15. The number of likely N-dealkylation sites (tertiary alicyclic amines) is 1. The van der Waals surface area contributed by atoms with Gasteiger partial charge in [-0.1, -0.05) is 0 Å².